The van der Waals surface area contributed by atoms with E-state index in [1.807, 2.05) is 49.4 Å². The fraction of sp³-hybridized carbons (Fsp3) is 0.150. The lowest BCUT2D eigenvalue weighted by molar-refractivity contribution is -0.117. The molecule has 0 fully saturated rings. The highest BCUT2D eigenvalue weighted by atomic mass is 79.9. The van der Waals surface area contributed by atoms with Crippen LogP contribution in [0.1, 0.15) is 11.1 Å². The van der Waals surface area contributed by atoms with E-state index < -0.39 is 22.0 Å². The molecule has 0 saturated carbocycles. The number of aryl methyl sites for hydroxylation is 1. The van der Waals surface area contributed by atoms with Crippen molar-refractivity contribution in [2.75, 3.05) is 5.32 Å². The summed E-state index contributed by atoms with van der Waals surface area (Å²) in [6, 6.07) is 17.0. The third-order valence-electron chi connectivity index (χ3n) is 4.08. The first-order valence-electron chi connectivity index (χ1n) is 8.52. The standard InChI is InChI=1S/C20H19BrN2O3S2/c1-14-12-16(9-10-17(14)21)22-20(24)18(13-15-6-3-2-4-7-15)23-28(25,26)19-8-5-11-27-19/h2-12,18,23H,13H2,1H3,(H,22,24)/t18-/m1/s1. The number of amides is 1. The van der Waals surface area contributed by atoms with Crippen LogP contribution >= 0.6 is 27.3 Å². The number of sulfonamides is 1. The normalized spacial score (nSPS) is 12.5. The van der Waals surface area contributed by atoms with E-state index in [0.29, 0.717) is 5.69 Å². The van der Waals surface area contributed by atoms with Crippen LogP contribution in [-0.2, 0) is 21.2 Å². The number of halogens is 1. The predicted octanol–water partition coefficient (Wildman–Crippen LogP) is 4.35. The Kier molecular flexibility index (Phi) is 6.66. The predicted molar refractivity (Wildman–Crippen MR) is 116 cm³/mol. The molecule has 146 valence electrons. The summed E-state index contributed by atoms with van der Waals surface area (Å²) < 4.78 is 29.0. The van der Waals surface area contributed by atoms with Gasteiger partial charge in [-0.1, -0.05) is 52.3 Å². The average Bonchev–Trinajstić information content (AvgIpc) is 3.21. The van der Waals surface area contributed by atoms with Crippen LogP contribution in [0.5, 0.6) is 0 Å². The first-order chi connectivity index (χ1) is 13.3. The summed E-state index contributed by atoms with van der Waals surface area (Å²) in [5.74, 6) is -0.411. The molecule has 0 saturated heterocycles. The van der Waals surface area contributed by atoms with Crippen molar-refractivity contribution >= 4 is 48.9 Å². The largest absolute Gasteiger partial charge is 0.325 e. The molecule has 28 heavy (non-hydrogen) atoms. The van der Waals surface area contributed by atoms with E-state index in [0.717, 1.165) is 26.9 Å². The smallest absolute Gasteiger partial charge is 0.250 e. The lowest BCUT2D eigenvalue weighted by atomic mass is 10.1. The maximum atomic E-state index is 12.9. The number of hydrogen-bond donors (Lipinski definition) is 2. The molecule has 0 aliphatic heterocycles. The monoisotopic (exact) mass is 478 g/mol. The number of carbonyl (C=O) groups is 1. The minimum absolute atomic E-state index is 0.179. The number of thiophene rings is 1. The second-order valence-corrected chi connectivity index (χ2v) is 9.99. The number of anilines is 1. The summed E-state index contributed by atoms with van der Waals surface area (Å²) in [5.41, 5.74) is 2.44. The Morgan fingerprint density at radius 3 is 2.50 bits per heavy atom. The molecule has 0 unspecified atom stereocenters. The van der Waals surface area contributed by atoms with Crippen molar-refractivity contribution in [2.24, 2.45) is 0 Å². The van der Waals surface area contributed by atoms with Gasteiger partial charge in [0.1, 0.15) is 10.3 Å². The minimum atomic E-state index is -3.79. The number of carbonyl (C=O) groups excluding carboxylic acids is 1. The van der Waals surface area contributed by atoms with E-state index in [9.17, 15) is 13.2 Å². The third-order valence-corrected chi connectivity index (χ3v) is 7.84. The molecule has 2 N–H and O–H groups in total. The Bertz CT molecular complexity index is 1050. The highest BCUT2D eigenvalue weighted by molar-refractivity contribution is 9.10. The molecule has 0 bridgehead atoms. The van der Waals surface area contributed by atoms with Gasteiger partial charge in [-0.2, -0.15) is 4.72 Å². The third kappa shape index (κ3) is 5.29. The van der Waals surface area contributed by atoms with Gasteiger partial charge in [-0.15, -0.1) is 11.3 Å². The molecule has 5 nitrogen and oxygen atoms in total. The highest BCUT2D eigenvalue weighted by Crippen LogP contribution is 2.21. The maximum Gasteiger partial charge on any atom is 0.250 e. The van der Waals surface area contributed by atoms with Gasteiger partial charge in [0.2, 0.25) is 5.91 Å². The van der Waals surface area contributed by atoms with Gasteiger partial charge in [0.15, 0.2) is 0 Å². The molecule has 3 rings (SSSR count). The average molecular weight is 479 g/mol. The maximum absolute atomic E-state index is 12.9. The van der Waals surface area contributed by atoms with Gasteiger partial charge in [0.25, 0.3) is 10.0 Å². The zero-order valence-corrected chi connectivity index (χ0v) is 18.3. The molecule has 0 spiro atoms. The molecule has 0 aliphatic carbocycles. The molecule has 0 radical (unpaired) electrons. The van der Waals surface area contributed by atoms with Crippen LogP contribution in [-0.4, -0.2) is 20.4 Å². The van der Waals surface area contributed by atoms with E-state index >= 15 is 0 Å². The van der Waals surface area contributed by atoms with E-state index in [4.69, 9.17) is 0 Å². The highest BCUT2D eigenvalue weighted by Gasteiger charge is 2.27. The number of nitrogens with one attached hydrogen (secondary N) is 2. The zero-order chi connectivity index (χ0) is 20.1. The molecular weight excluding hydrogens is 460 g/mol. The number of rotatable bonds is 7. The Hall–Kier alpha value is -2.00. The molecule has 1 heterocycles. The van der Waals surface area contributed by atoms with Crippen molar-refractivity contribution in [3.63, 3.8) is 0 Å². The van der Waals surface area contributed by atoms with Gasteiger partial charge in [0.05, 0.1) is 0 Å². The van der Waals surface area contributed by atoms with E-state index in [1.54, 1.807) is 17.5 Å². The number of hydrogen-bond acceptors (Lipinski definition) is 4. The Labute approximate surface area is 177 Å². The second-order valence-electron chi connectivity index (χ2n) is 6.25. The van der Waals surface area contributed by atoms with Crippen molar-refractivity contribution in [3.8, 4) is 0 Å². The first-order valence-corrected chi connectivity index (χ1v) is 11.7. The topological polar surface area (TPSA) is 75.3 Å². The molecule has 2 aromatic carbocycles. The molecular formula is C20H19BrN2O3S2. The summed E-state index contributed by atoms with van der Waals surface area (Å²) in [7, 11) is -3.79. The molecule has 0 aliphatic rings. The lowest BCUT2D eigenvalue weighted by Crippen LogP contribution is -2.45. The SMILES string of the molecule is Cc1cc(NC(=O)[C@@H](Cc2ccccc2)NS(=O)(=O)c2cccs2)ccc1Br. The first kappa shape index (κ1) is 20.7. The van der Waals surface area contributed by atoms with E-state index in [1.165, 1.54) is 6.07 Å². The van der Waals surface area contributed by atoms with Crippen molar-refractivity contribution in [1.82, 2.24) is 4.72 Å². The van der Waals surface area contributed by atoms with Gasteiger partial charge < -0.3 is 5.32 Å². The van der Waals surface area contributed by atoms with Crippen LogP contribution in [0.4, 0.5) is 5.69 Å². The quantitative estimate of drug-likeness (QED) is 0.529. The Morgan fingerprint density at radius 1 is 1.11 bits per heavy atom. The summed E-state index contributed by atoms with van der Waals surface area (Å²) in [4.78, 5) is 12.9. The van der Waals surface area contributed by atoms with Gasteiger partial charge in [-0.3, -0.25) is 4.79 Å². The lowest BCUT2D eigenvalue weighted by Gasteiger charge is -2.18. The van der Waals surface area contributed by atoms with Gasteiger partial charge in [0, 0.05) is 10.2 Å². The summed E-state index contributed by atoms with van der Waals surface area (Å²) in [5, 5.41) is 4.50. The molecule has 3 aromatic rings. The van der Waals surface area contributed by atoms with Crippen LogP contribution in [0.15, 0.2) is 74.7 Å². The molecule has 1 atom stereocenters. The van der Waals surface area contributed by atoms with Crippen molar-refractivity contribution < 1.29 is 13.2 Å². The van der Waals surface area contributed by atoms with Crippen LogP contribution in [0.3, 0.4) is 0 Å². The second kappa shape index (κ2) is 9.00. The Morgan fingerprint density at radius 2 is 1.86 bits per heavy atom. The zero-order valence-electron chi connectivity index (χ0n) is 15.1. The molecule has 1 aromatic heterocycles. The Balaban J connectivity index is 1.84. The number of benzene rings is 2. The van der Waals surface area contributed by atoms with Crippen LogP contribution in [0.2, 0.25) is 0 Å². The van der Waals surface area contributed by atoms with E-state index in [2.05, 4.69) is 26.0 Å². The van der Waals surface area contributed by atoms with Gasteiger partial charge >= 0.3 is 0 Å². The van der Waals surface area contributed by atoms with Crippen molar-refractivity contribution in [3.05, 3.63) is 81.6 Å². The summed E-state index contributed by atoms with van der Waals surface area (Å²) in [6.45, 7) is 1.92. The molecule has 8 heteroatoms. The fourth-order valence-electron chi connectivity index (χ4n) is 2.65. The minimum Gasteiger partial charge on any atom is -0.325 e. The van der Waals surface area contributed by atoms with Crippen LogP contribution < -0.4 is 10.0 Å². The molecule has 1 amide bonds. The van der Waals surface area contributed by atoms with Gasteiger partial charge in [-0.05, 0) is 54.1 Å². The van der Waals surface area contributed by atoms with E-state index in [-0.39, 0.29) is 10.6 Å². The van der Waals surface area contributed by atoms with Crippen LogP contribution in [0.25, 0.3) is 0 Å². The summed E-state index contributed by atoms with van der Waals surface area (Å²) >= 11 is 4.54. The van der Waals surface area contributed by atoms with Gasteiger partial charge in [-0.25, -0.2) is 8.42 Å². The van der Waals surface area contributed by atoms with Crippen molar-refractivity contribution in [2.45, 2.75) is 23.6 Å². The fourth-order valence-corrected chi connectivity index (χ4v) is 5.10. The van der Waals surface area contributed by atoms with Crippen LogP contribution in [0, 0.1) is 6.92 Å². The summed E-state index contributed by atoms with van der Waals surface area (Å²) in [6.07, 6.45) is 0.243. The van der Waals surface area contributed by atoms with Crippen molar-refractivity contribution in [1.29, 1.82) is 0 Å².